The molecule has 0 spiro atoms. The molecule has 1 amide bonds. The lowest BCUT2D eigenvalue weighted by Crippen LogP contribution is -2.44. The van der Waals surface area contributed by atoms with Crippen LogP contribution in [-0.2, 0) is 9.53 Å². The number of methoxy groups -OCH3 is 1. The Morgan fingerprint density at radius 1 is 1.33 bits per heavy atom. The van der Waals surface area contributed by atoms with E-state index < -0.39 is 0 Å². The second-order valence-electron chi connectivity index (χ2n) is 6.70. The molecule has 27 heavy (non-hydrogen) atoms. The fraction of sp³-hybridized carbons (Fsp3) is 0.450. The number of halogens is 1. The standard InChI is InChI=1S/C20H25FN4O2/c1-27-10-4-8-22-19(26)16-6-3-9-25(14-16)20-23-12-17(13-24-20)15-5-2-7-18(21)11-15/h2,5,7,11-13,16H,3-4,6,8-10,14H2,1H3,(H,22,26)/t16-/m0/s1. The SMILES string of the molecule is COCCCNC(=O)[C@H]1CCCN(c2ncc(-c3cccc(F)c3)cn2)C1. The second-order valence-corrected chi connectivity index (χ2v) is 6.70. The molecule has 2 heterocycles. The Hall–Kier alpha value is -2.54. The van der Waals surface area contributed by atoms with Gasteiger partial charge in [0.25, 0.3) is 0 Å². The molecule has 6 nitrogen and oxygen atoms in total. The number of rotatable bonds is 7. The molecule has 0 bridgehead atoms. The van der Waals surface area contributed by atoms with Gasteiger partial charge in [-0.2, -0.15) is 0 Å². The molecule has 0 aliphatic carbocycles. The summed E-state index contributed by atoms with van der Waals surface area (Å²) in [5.41, 5.74) is 1.51. The van der Waals surface area contributed by atoms with Crippen LogP contribution in [-0.4, -0.2) is 49.2 Å². The minimum absolute atomic E-state index is 0.0622. The number of benzene rings is 1. The molecule has 0 radical (unpaired) electrons. The zero-order valence-corrected chi connectivity index (χ0v) is 15.5. The number of carbonyl (C=O) groups excluding carboxylic acids is 1. The number of ether oxygens (including phenoxy) is 1. The predicted octanol–water partition coefficient (Wildman–Crippen LogP) is 2.65. The van der Waals surface area contributed by atoms with Gasteiger partial charge in [-0.3, -0.25) is 4.79 Å². The number of aromatic nitrogens is 2. The van der Waals surface area contributed by atoms with E-state index in [-0.39, 0.29) is 17.6 Å². The maximum Gasteiger partial charge on any atom is 0.225 e. The van der Waals surface area contributed by atoms with Gasteiger partial charge in [0.1, 0.15) is 5.82 Å². The van der Waals surface area contributed by atoms with E-state index in [1.165, 1.54) is 12.1 Å². The molecule has 1 aromatic heterocycles. The van der Waals surface area contributed by atoms with Crippen LogP contribution in [0.15, 0.2) is 36.7 Å². The zero-order valence-electron chi connectivity index (χ0n) is 15.5. The number of hydrogen-bond donors (Lipinski definition) is 1. The summed E-state index contributed by atoms with van der Waals surface area (Å²) >= 11 is 0. The lowest BCUT2D eigenvalue weighted by molar-refractivity contribution is -0.125. The van der Waals surface area contributed by atoms with E-state index in [1.807, 2.05) is 11.0 Å². The van der Waals surface area contributed by atoms with Crippen LogP contribution in [0, 0.1) is 11.7 Å². The summed E-state index contributed by atoms with van der Waals surface area (Å²) in [6.07, 6.45) is 6.00. The second kappa shape index (κ2) is 9.41. The molecule has 1 N–H and O–H groups in total. The fourth-order valence-electron chi connectivity index (χ4n) is 3.25. The molecule has 2 aromatic rings. The molecule has 1 atom stereocenters. The first-order valence-electron chi connectivity index (χ1n) is 9.27. The van der Waals surface area contributed by atoms with Crippen LogP contribution in [0.2, 0.25) is 0 Å². The Bertz CT molecular complexity index is 754. The topological polar surface area (TPSA) is 67.3 Å². The van der Waals surface area contributed by atoms with E-state index in [2.05, 4.69) is 15.3 Å². The Morgan fingerprint density at radius 2 is 2.15 bits per heavy atom. The van der Waals surface area contributed by atoms with E-state index in [4.69, 9.17) is 4.74 Å². The first-order chi connectivity index (χ1) is 13.2. The van der Waals surface area contributed by atoms with Gasteiger partial charge in [-0.1, -0.05) is 12.1 Å². The summed E-state index contributed by atoms with van der Waals surface area (Å²) in [5.74, 6) is 0.332. The number of hydrogen-bond acceptors (Lipinski definition) is 5. The van der Waals surface area contributed by atoms with Crippen molar-refractivity contribution in [2.24, 2.45) is 5.92 Å². The highest BCUT2D eigenvalue weighted by Gasteiger charge is 2.26. The van der Waals surface area contributed by atoms with E-state index in [0.29, 0.717) is 25.6 Å². The molecule has 1 fully saturated rings. The third-order valence-electron chi connectivity index (χ3n) is 4.70. The third kappa shape index (κ3) is 5.23. The molecule has 1 aromatic carbocycles. The van der Waals surface area contributed by atoms with Crippen molar-refractivity contribution in [2.45, 2.75) is 19.3 Å². The van der Waals surface area contributed by atoms with Crippen LogP contribution in [0.4, 0.5) is 10.3 Å². The smallest absolute Gasteiger partial charge is 0.225 e. The van der Waals surface area contributed by atoms with Crippen molar-refractivity contribution >= 4 is 11.9 Å². The van der Waals surface area contributed by atoms with Gasteiger partial charge in [-0.25, -0.2) is 14.4 Å². The molecular formula is C20H25FN4O2. The third-order valence-corrected chi connectivity index (χ3v) is 4.70. The highest BCUT2D eigenvalue weighted by molar-refractivity contribution is 5.79. The quantitative estimate of drug-likeness (QED) is 0.757. The van der Waals surface area contributed by atoms with E-state index in [9.17, 15) is 9.18 Å². The number of piperidine rings is 1. The normalized spacial score (nSPS) is 17.0. The Labute approximate surface area is 158 Å². The van der Waals surface area contributed by atoms with Crippen molar-refractivity contribution in [1.29, 1.82) is 0 Å². The molecule has 7 heteroatoms. The summed E-state index contributed by atoms with van der Waals surface area (Å²) in [6.45, 7) is 2.70. The first-order valence-corrected chi connectivity index (χ1v) is 9.27. The van der Waals surface area contributed by atoms with Gasteiger partial charge in [0.05, 0.1) is 5.92 Å². The van der Waals surface area contributed by atoms with Crippen molar-refractivity contribution in [3.63, 3.8) is 0 Å². The van der Waals surface area contributed by atoms with Crippen LogP contribution >= 0.6 is 0 Å². The van der Waals surface area contributed by atoms with Gasteiger partial charge in [0, 0.05) is 51.3 Å². The van der Waals surface area contributed by atoms with Crippen LogP contribution in [0.3, 0.4) is 0 Å². The van der Waals surface area contributed by atoms with Gasteiger partial charge >= 0.3 is 0 Å². The number of carbonyl (C=O) groups is 1. The van der Waals surface area contributed by atoms with Gasteiger partial charge in [-0.05, 0) is 37.0 Å². The lowest BCUT2D eigenvalue weighted by atomic mass is 9.97. The van der Waals surface area contributed by atoms with Crippen LogP contribution < -0.4 is 10.2 Å². The number of amides is 1. The molecule has 1 aliphatic heterocycles. The molecule has 0 saturated carbocycles. The van der Waals surface area contributed by atoms with Crippen molar-refractivity contribution in [2.75, 3.05) is 38.3 Å². The average Bonchev–Trinajstić information content (AvgIpc) is 2.71. The average molecular weight is 372 g/mol. The van der Waals surface area contributed by atoms with E-state index >= 15 is 0 Å². The lowest BCUT2D eigenvalue weighted by Gasteiger charge is -2.32. The summed E-state index contributed by atoms with van der Waals surface area (Å²) in [5, 5.41) is 2.97. The number of nitrogens with one attached hydrogen (secondary N) is 1. The number of nitrogens with zero attached hydrogens (tertiary/aromatic N) is 3. The Balaban J connectivity index is 1.60. The molecule has 3 rings (SSSR count). The summed E-state index contributed by atoms with van der Waals surface area (Å²) < 4.78 is 18.4. The first kappa shape index (κ1) is 19.2. The van der Waals surface area contributed by atoms with E-state index in [0.717, 1.165) is 36.9 Å². The highest BCUT2D eigenvalue weighted by Crippen LogP contribution is 2.23. The molecule has 1 aliphatic rings. The van der Waals surface area contributed by atoms with Gasteiger partial charge < -0.3 is 15.0 Å². The minimum Gasteiger partial charge on any atom is -0.385 e. The van der Waals surface area contributed by atoms with Gasteiger partial charge in [0.2, 0.25) is 11.9 Å². The van der Waals surface area contributed by atoms with Crippen molar-refractivity contribution in [1.82, 2.24) is 15.3 Å². The maximum absolute atomic E-state index is 13.4. The molecule has 0 unspecified atom stereocenters. The largest absolute Gasteiger partial charge is 0.385 e. The molecule has 144 valence electrons. The minimum atomic E-state index is -0.285. The van der Waals surface area contributed by atoms with Gasteiger partial charge in [0.15, 0.2) is 0 Å². The number of anilines is 1. The summed E-state index contributed by atoms with van der Waals surface area (Å²) in [7, 11) is 1.65. The van der Waals surface area contributed by atoms with Gasteiger partial charge in [-0.15, -0.1) is 0 Å². The molecular weight excluding hydrogens is 347 g/mol. The van der Waals surface area contributed by atoms with Crippen molar-refractivity contribution < 1.29 is 13.9 Å². The van der Waals surface area contributed by atoms with Crippen LogP contribution in [0.5, 0.6) is 0 Å². The van der Waals surface area contributed by atoms with Crippen molar-refractivity contribution in [3.05, 3.63) is 42.5 Å². The zero-order chi connectivity index (χ0) is 19.1. The Kier molecular flexibility index (Phi) is 6.70. The molecule has 1 saturated heterocycles. The monoisotopic (exact) mass is 372 g/mol. The van der Waals surface area contributed by atoms with Crippen LogP contribution in [0.1, 0.15) is 19.3 Å². The predicted molar refractivity (Wildman–Crippen MR) is 102 cm³/mol. The van der Waals surface area contributed by atoms with Crippen LogP contribution in [0.25, 0.3) is 11.1 Å². The summed E-state index contributed by atoms with van der Waals surface area (Å²) in [6, 6.07) is 6.36. The van der Waals surface area contributed by atoms with E-state index in [1.54, 1.807) is 25.6 Å². The summed E-state index contributed by atoms with van der Waals surface area (Å²) in [4.78, 5) is 23.3. The Morgan fingerprint density at radius 3 is 2.89 bits per heavy atom. The van der Waals surface area contributed by atoms with Crippen molar-refractivity contribution in [3.8, 4) is 11.1 Å². The fourth-order valence-corrected chi connectivity index (χ4v) is 3.25. The maximum atomic E-state index is 13.4. The highest BCUT2D eigenvalue weighted by atomic mass is 19.1.